The summed E-state index contributed by atoms with van der Waals surface area (Å²) in [7, 11) is 0. The molecular weight excluding hydrogens is 220 g/mol. The predicted molar refractivity (Wildman–Crippen MR) is 83.5 cm³/mol. The summed E-state index contributed by atoms with van der Waals surface area (Å²) in [4.78, 5) is 0. The van der Waals surface area contributed by atoms with E-state index in [0.29, 0.717) is 0 Å². The van der Waals surface area contributed by atoms with Crippen molar-refractivity contribution in [3.8, 4) is 5.75 Å². The van der Waals surface area contributed by atoms with Crippen molar-refractivity contribution in [2.24, 2.45) is 0 Å². The fourth-order valence-electron chi connectivity index (χ4n) is 1.04. The minimum atomic E-state index is 0.811. The highest BCUT2D eigenvalue weighted by atomic mass is 16.5. The summed E-state index contributed by atoms with van der Waals surface area (Å²) < 4.78 is 5.45. The van der Waals surface area contributed by atoms with Gasteiger partial charge in [0, 0.05) is 0 Å². The molecule has 1 aromatic carbocycles. The Morgan fingerprint density at radius 3 is 1.56 bits per heavy atom. The Balaban J connectivity index is 0. The number of benzene rings is 1. The van der Waals surface area contributed by atoms with E-state index in [-0.39, 0.29) is 0 Å². The lowest BCUT2D eigenvalue weighted by atomic mass is 10.2. The van der Waals surface area contributed by atoms with Crippen LogP contribution in [0.5, 0.6) is 5.75 Å². The Hall–Kier alpha value is -0.980. The molecule has 0 fully saturated rings. The van der Waals surface area contributed by atoms with Crippen LogP contribution < -0.4 is 4.74 Å². The van der Waals surface area contributed by atoms with Crippen LogP contribution in [-0.4, -0.2) is 6.61 Å². The summed E-state index contributed by atoms with van der Waals surface area (Å²) >= 11 is 0. The fourth-order valence-corrected chi connectivity index (χ4v) is 1.04. The Labute approximate surface area is 115 Å². The molecule has 0 amide bonds. The van der Waals surface area contributed by atoms with E-state index >= 15 is 0 Å². The SMILES string of the molecule is CCC.CCC.CCCOc1ccc(CC)cc1. The lowest BCUT2D eigenvalue weighted by Gasteiger charge is -2.04. The van der Waals surface area contributed by atoms with Gasteiger partial charge in [-0.3, -0.25) is 0 Å². The zero-order chi connectivity index (χ0) is 14.2. The van der Waals surface area contributed by atoms with Gasteiger partial charge >= 0.3 is 0 Å². The molecule has 0 atom stereocenters. The van der Waals surface area contributed by atoms with E-state index in [1.54, 1.807) is 0 Å². The Morgan fingerprint density at radius 2 is 1.22 bits per heavy atom. The zero-order valence-electron chi connectivity index (χ0n) is 13.3. The Kier molecular flexibility index (Phi) is 17.2. The summed E-state index contributed by atoms with van der Waals surface area (Å²) in [5.74, 6) is 0.981. The van der Waals surface area contributed by atoms with Gasteiger partial charge in [0.15, 0.2) is 0 Å². The van der Waals surface area contributed by atoms with Gasteiger partial charge in [-0.25, -0.2) is 0 Å². The molecule has 0 spiro atoms. The van der Waals surface area contributed by atoms with Crippen molar-refractivity contribution in [2.45, 2.75) is 67.2 Å². The molecular formula is C17H32O. The highest BCUT2D eigenvalue weighted by Gasteiger charge is 1.91. The van der Waals surface area contributed by atoms with Crippen molar-refractivity contribution in [2.75, 3.05) is 6.61 Å². The molecule has 1 heteroatoms. The van der Waals surface area contributed by atoms with Gasteiger partial charge in [-0.05, 0) is 30.5 Å². The van der Waals surface area contributed by atoms with E-state index in [4.69, 9.17) is 4.74 Å². The first-order chi connectivity index (χ1) is 8.69. The van der Waals surface area contributed by atoms with Crippen molar-refractivity contribution in [3.63, 3.8) is 0 Å². The first-order valence-electron chi connectivity index (χ1n) is 7.41. The summed E-state index contributed by atoms with van der Waals surface area (Å²) in [6.07, 6.45) is 4.66. The summed E-state index contributed by atoms with van der Waals surface area (Å²) in [6.45, 7) is 13.6. The molecule has 0 aromatic heterocycles. The molecule has 0 radical (unpaired) electrons. The van der Waals surface area contributed by atoms with Crippen LogP contribution in [0.25, 0.3) is 0 Å². The third kappa shape index (κ3) is 13.1. The molecule has 0 saturated carbocycles. The fraction of sp³-hybridized carbons (Fsp3) is 0.647. The van der Waals surface area contributed by atoms with Gasteiger partial charge in [-0.1, -0.05) is 66.5 Å². The highest BCUT2D eigenvalue weighted by Crippen LogP contribution is 2.12. The van der Waals surface area contributed by atoms with Gasteiger partial charge in [-0.2, -0.15) is 0 Å². The monoisotopic (exact) mass is 252 g/mol. The zero-order valence-corrected chi connectivity index (χ0v) is 13.3. The number of hydrogen-bond acceptors (Lipinski definition) is 1. The Morgan fingerprint density at radius 1 is 0.778 bits per heavy atom. The van der Waals surface area contributed by atoms with Gasteiger partial charge in [0.05, 0.1) is 6.61 Å². The van der Waals surface area contributed by atoms with Crippen molar-refractivity contribution in [1.29, 1.82) is 0 Å². The molecule has 0 unspecified atom stereocenters. The van der Waals surface area contributed by atoms with Crippen LogP contribution in [0.15, 0.2) is 24.3 Å². The largest absolute Gasteiger partial charge is 0.494 e. The van der Waals surface area contributed by atoms with Crippen LogP contribution in [0.2, 0.25) is 0 Å². The van der Waals surface area contributed by atoms with Crippen LogP contribution in [-0.2, 0) is 6.42 Å². The third-order valence-corrected chi connectivity index (χ3v) is 1.80. The number of rotatable bonds is 4. The van der Waals surface area contributed by atoms with E-state index in [2.05, 4.69) is 53.7 Å². The van der Waals surface area contributed by atoms with Gasteiger partial charge in [0.2, 0.25) is 0 Å². The molecule has 106 valence electrons. The lowest BCUT2D eigenvalue weighted by Crippen LogP contribution is -1.94. The average Bonchev–Trinajstić information content (AvgIpc) is 2.39. The summed E-state index contributed by atoms with van der Waals surface area (Å²) in [5, 5.41) is 0. The van der Waals surface area contributed by atoms with Gasteiger partial charge in [0.1, 0.15) is 5.75 Å². The van der Waals surface area contributed by atoms with E-state index < -0.39 is 0 Å². The molecule has 1 rings (SSSR count). The number of hydrogen-bond donors (Lipinski definition) is 0. The molecule has 1 aromatic rings. The van der Waals surface area contributed by atoms with Gasteiger partial charge in [0.25, 0.3) is 0 Å². The maximum absolute atomic E-state index is 5.45. The second-order valence-electron chi connectivity index (χ2n) is 4.26. The predicted octanol–water partition coefficient (Wildman–Crippen LogP) is 5.87. The van der Waals surface area contributed by atoms with Gasteiger partial charge in [-0.15, -0.1) is 0 Å². The van der Waals surface area contributed by atoms with Crippen LogP contribution in [0.1, 0.15) is 66.4 Å². The van der Waals surface area contributed by atoms with E-state index in [1.165, 1.54) is 18.4 Å². The molecule has 0 N–H and O–H groups in total. The second kappa shape index (κ2) is 16.0. The lowest BCUT2D eigenvalue weighted by molar-refractivity contribution is 0.317. The number of ether oxygens (including phenoxy) is 1. The quantitative estimate of drug-likeness (QED) is 0.651. The number of aryl methyl sites for hydroxylation is 1. The van der Waals surface area contributed by atoms with Gasteiger partial charge < -0.3 is 4.74 Å². The van der Waals surface area contributed by atoms with E-state index in [1.807, 2.05) is 12.1 Å². The topological polar surface area (TPSA) is 9.23 Å². The van der Waals surface area contributed by atoms with Crippen molar-refractivity contribution in [3.05, 3.63) is 29.8 Å². The van der Waals surface area contributed by atoms with E-state index in [0.717, 1.165) is 25.2 Å². The molecule has 0 bridgehead atoms. The Bertz CT molecular complexity index is 236. The standard InChI is InChI=1S/C11H16O.2C3H8/c1-3-9-12-11-7-5-10(4-2)6-8-11;2*1-3-2/h5-8H,3-4,9H2,1-2H3;2*3H2,1-2H3. The smallest absolute Gasteiger partial charge is 0.119 e. The van der Waals surface area contributed by atoms with Crippen molar-refractivity contribution in [1.82, 2.24) is 0 Å². The minimum Gasteiger partial charge on any atom is -0.494 e. The van der Waals surface area contributed by atoms with Crippen LogP contribution >= 0.6 is 0 Å². The molecule has 0 heterocycles. The highest BCUT2D eigenvalue weighted by molar-refractivity contribution is 5.27. The molecule has 1 nitrogen and oxygen atoms in total. The average molecular weight is 252 g/mol. The molecule has 18 heavy (non-hydrogen) atoms. The first kappa shape index (κ1) is 19.4. The maximum Gasteiger partial charge on any atom is 0.119 e. The normalized spacial score (nSPS) is 8.56. The van der Waals surface area contributed by atoms with Crippen molar-refractivity contribution >= 4 is 0 Å². The summed E-state index contributed by atoms with van der Waals surface area (Å²) in [5.41, 5.74) is 1.36. The first-order valence-corrected chi connectivity index (χ1v) is 7.41. The van der Waals surface area contributed by atoms with E-state index in [9.17, 15) is 0 Å². The molecule has 0 aliphatic carbocycles. The molecule has 0 aliphatic heterocycles. The minimum absolute atomic E-state index is 0.811. The molecule has 0 aliphatic rings. The maximum atomic E-state index is 5.45. The van der Waals surface area contributed by atoms with Crippen LogP contribution in [0.4, 0.5) is 0 Å². The second-order valence-corrected chi connectivity index (χ2v) is 4.26. The summed E-state index contributed by atoms with van der Waals surface area (Å²) in [6, 6.07) is 8.30. The van der Waals surface area contributed by atoms with Crippen molar-refractivity contribution < 1.29 is 4.74 Å². The van der Waals surface area contributed by atoms with Crippen LogP contribution in [0.3, 0.4) is 0 Å². The molecule has 0 saturated heterocycles. The van der Waals surface area contributed by atoms with Crippen LogP contribution in [0, 0.1) is 0 Å². The third-order valence-electron chi connectivity index (χ3n) is 1.80.